The number of rotatable bonds is 8. The molecule has 0 spiro atoms. The van der Waals surface area contributed by atoms with Crippen LogP contribution in [0.25, 0.3) is 0 Å². The summed E-state index contributed by atoms with van der Waals surface area (Å²) in [5.41, 5.74) is 3.64. The van der Waals surface area contributed by atoms with Crippen LogP contribution in [0.4, 0.5) is 0 Å². The normalized spacial score (nSPS) is 24.3. The number of ether oxygens (including phenoxy) is 2. The molecule has 136 valence electrons. The number of imidazole rings is 1. The lowest BCUT2D eigenvalue weighted by molar-refractivity contribution is 0.0836. The van der Waals surface area contributed by atoms with Crippen molar-refractivity contribution in [3.05, 3.63) is 53.9 Å². The Bertz CT molecular complexity index is 633. The van der Waals surface area contributed by atoms with Gasteiger partial charge in [-0.3, -0.25) is 0 Å². The highest BCUT2D eigenvalue weighted by molar-refractivity contribution is 5.37. The molecule has 1 saturated carbocycles. The van der Waals surface area contributed by atoms with Gasteiger partial charge in [0.2, 0.25) is 0 Å². The second-order valence-electron chi connectivity index (χ2n) is 7.07. The van der Waals surface area contributed by atoms with Crippen LogP contribution in [0.5, 0.6) is 0 Å². The van der Waals surface area contributed by atoms with Gasteiger partial charge in [-0.2, -0.15) is 0 Å². The average molecular weight is 343 g/mol. The Morgan fingerprint density at radius 2 is 2.44 bits per heavy atom. The highest BCUT2D eigenvalue weighted by Gasteiger charge is 2.33. The Labute approximate surface area is 150 Å². The predicted molar refractivity (Wildman–Crippen MR) is 98.9 cm³/mol. The molecule has 2 unspecified atom stereocenters. The Kier molecular flexibility index (Phi) is 6.10. The van der Waals surface area contributed by atoms with E-state index in [2.05, 4.69) is 34.9 Å². The van der Waals surface area contributed by atoms with Crippen molar-refractivity contribution in [1.82, 2.24) is 15.3 Å². The summed E-state index contributed by atoms with van der Waals surface area (Å²) in [5, 5.41) is 3.53. The first kappa shape index (κ1) is 18.0. The minimum Gasteiger partial charge on any atom is -0.486 e. The van der Waals surface area contributed by atoms with Crippen LogP contribution in [-0.4, -0.2) is 36.3 Å². The largest absolute Gasteiger partial charge is 0.486 e. The summed E-state index contributed by atoms with van der Waals surface area (Å²) in [5.74, 6) is 2.16. The smallest absolute Gasteiger partial charge is 0.125 e. The van der Waals surface area contributed by atoms with Crippen LogP contribution in [0.1, 0.15) is 31.9 Å². The SMILES string of the molecule is C=CC1=C(COC)C=C2CC[C@H](C(C)CNCc3cnc[nH]3)CC2O1. The topological polar surface area (TPSA) is 59.2 Å². The zero-order valence-corrected chi connectivity index (χ0v) is 15.3. The van der Waals surface area contributed by atoms with E-state index in [1.54, 1.807) is 19.5 Å². The Morgan fingerprint density at radius 3 is 3.16 bits per heavy atom. The van der Waals surface area contributed by atoms with Crippen molar-refractivity contribution in [3.63, 3.8) is 0 Å². The van der Waals surface area contributed by atoms with Crippen LogP contribution in [0.3, 0.4) is 0 Å². The average Bonchev–Trinajstić information content (AvgIpc) is 3.14. The molecule has 2 aliphatic rings. The zero-order valence-electron chi connectivity index (χ0n) is 15.3. The Morgan fingerprint density at radius 1 is 1.56 bits per heavy atom. The third-order valence-corrected chi connectivity index (χ3v) is 5.31. The van der Waals surface area contributed by atoms with Crippen molar-refractivity contribution in [2.75, 3.05) is 20.3 Å². The molecule has 0 radical (unpaired) electrons. The first-order valence-corrected chi connectivity index (χ1v) is 9.10. The van der Waals surface area contributed by atoms with Gasteiger partial charge in [-0.25, -0.2) is 4.98 Å². The van der Waals surface area contributed by atoms with Gasteiger partial charge in [-0.05, 0) is 49.3 Å². The molecular formula is C20H29N3O2. The summed E-state index contributed by atoms with van der Waals surface area (Å²) in [6.45, 7) is 8.65. The zero-order chi connectivity index (χ0) is 17.6. The van der Waals surface area contributed by atoms with Crippen molar-refractivity contribution in [3.8, 4) is 0 Å². The number of nitrogens with one attached hydrogen (secondary N) is 2. The highest BCUT2D eigenvalue weighted by atomic mass is 16.5. The molecule has 0 aromatic carbocycles. The van der Waals surface area contributed by atoms with Crippen molar-refractivity contribution in [2.24, 2.45) is 11.8 Å². The van der Waals surface area contributed by atoms with Crippen molar-refractivity contribution >= 4 is 0 Å². The van der Waals surface area contributed by atoms with E-state index in [-0.39, 0.29) is 6.10 Å². The van der Waals surface area contributed by atoms with Gasteiger partial charge in [0.1, 0.15) is 11.9 Å². The van der Waals surface area contributed by atoms with Crippen molar-refractivity contribution < 1.29 is 9.47 Å². The monoisotopic (exact) mass is 343 g/mol. The van der Waals surface area contributed by atoms with E-state index in [0.29, 0.717) is 18.4 Å². The number of hydrogen-bond donors (Lipinski definition) is 2. The van der Waals surface area contributed by atoms with E-state index in [4.69, 9.17) is 9.47 Å². The van der Waals surface area contributed by atoms with Crippen LogP contribution in [-0.2, 0) is 16.0 Å². The number of allylic oxidation sites excluding steroid dienone is 1. The molecule has 1 aromatic heterocycles. The molecule has 0 amide bonds. The van der Waals surface area contributed by atoms with E-state index in [1.165, 1.54) is 12.0 Å². The van der Waals surface area contributed by atoms with Gasteiger partial charge in [0.25, 0.3) is 0 Å². The molecule has 1 aliphatic heterocycles. The molecule has 25 heavy (non-hydrogen) atoms. The molecule has 0 saturated heterocycles. The number of nitrogens with zero attached hydrogens (tertiary/aromatic N) is 1. The van der Waals surface area contributed by atoms with Gasteiger partial charge < -0.3 is 19.8 Å². The number of aromatic nitrogens is 2. The third kappa shape index (κ3) is 4.41. The lowest BCUT2D eigenvalue weighted by Gasteiger charge is -2.37. The quantitative estimate of drug-likeness (QED) is 0.760. The maximum absolute atomic E-state index is 6.23. The second kappa shape index (κ2) is 8.50. The van der Waals surface area contributed by atoms with Gasteiger partial charge in [-0.15, -0.1) is 0 Å². The van der Waals surface area contributed by atoms with Crippen LogP contribution < -0.4 is 5.32 Å². The first-order valence-electron chi connectivity index (χ1n) is 9.10. The fraction of sp³-hybridized carbons (Fsp3) is 0.550. The summed E-state index contributed by atoms with van der Waals surface area (Å²) >= 11 is 0. The number of methoxy groups -OCH3 is 1. The van der Waals surface area contributed by atoms with Gasteiger partial charge in [0, 0.05) is 31.1 Å². The molecule has 2 heterocycles. The second-order valence-corrected chi connectivity index (χ2v) is 7.07. The van der Waals surface area contributed by atoms with E-state index in [9.17, 15) is 0 Å². The molecule has 1 fully saturated rings. The molecule has 3 rings (SSSR count). The van der Waals surface area contributed by atoms with Crippen LogP contribution in [0.15, 0.2) is 48.2 Å². The summed E-state index contributed by atoms with van der Waals surface area (Å²) in [7, 11) is 1.72. The van der Waals surface area contributed by atoms with Gasteiger partial charge in [-0.1, -0.05) is 19.6 Å². The molecule has 5 nitrogen and oxygen atoms in total. The van der Waals surface area contributed by atoms with E-state index < -0.39 is 0 Å². The fourth-order valence-corrected chi connectivity index (χ4v) is 3.82. The summed E-state index contributed by atoms with van der Waals surface area (Å²) in [6, 6.07) is 0. The molecule has 3 atom stereocenters. The molecular weight excluding hydrogens is 314 g/mol. The Balaban J connectivity index is 1.53. The maximum Gasteiger partial charge on any atom is 0.125 e. The van der Waals surface area contributed by atoms with Crippen molar-refractivity contribution in [1.29, 1.82) is 0 Å². The lowest BCUT2D eigenvalue weighted by Crippen LogP contribution is -2.34. The fourth-order valence-electron chi connectivity index (χ4n) is 3.82. The minimum atomic E-state index is 0.197. The summed E-state index contributed by atoms with van der Waals surface area (Å²) in [4.78, 5) is 7.18. The lowest BCUT2D eigenvalue weighted by atomic mass is 9.76. The first-order chi connectivity index (χ1) is 12.2. The highest BCUT2D eigenvalue weighted by Crippen LogP contribution is 2.39. The molecule has 5 heteroatoms. The van der Waals surface area contributed by atoms with E-state index in [0.717, 1.165) is 43.0 Å². The molecule has 1 aliphatic carbocycles. The van der Waals surface area contributed by atoms with E-state index >= 15 is 0 Å². The Hall–Kier alpha value is -1.85. The molecule has 0 bridgehead atoms. The standard InChI is InChI=1S/C20H29N3O2/c1-4-19-17(12-24-3)7-16-6-5-15(8-20(16)25-19)14(2)9-21-10-18-11-22-13-23-18/h4,7,11,13-15,20-21H,1,5-6,8-10,12H2,2-3H3,(H,22,23)/t14?,15-,20?/m0/s1. The van der Waals surface area contributed by atoms with Gasteiger partial charge in [0.15, 0.2) is 0 Å². The van der Waals surface area contributed by atoms with Gasteiger partial charge in [0.05, 0.1) is 12.9 Å². The predicted octanol–water partition coefficient (Wildman–Crippen LogP) is 3.35. The number of hydrogen-bond acceptors (Lipinski definition) is 4. The summed E-state index contributed by atoms with van der Waals surface area (Å²) < 4.78 is 11.5. The van der Waals surface area contributed by atoms with Gasteiger partial charge >= 0.3 is 0 Å². The van der Waals surface area contributed by atoms with Crippen LogP contribution >= 0.6 is 0 Å². The molecule has 2 N–H and O–H groups in total. The molecule has 1 aromatic rings. The van der Waals surface area contributed by atoms with E-state index in [1.807, 2.05) is 6.20 Å². The number of fused-ring (bicyclic) bond motifs is 1. The third-order valence-electron chi connectivity index (χ3n) is 5.31. The number of H-pyrrole nitrogens is 1. The number of aromatic amines is 1. The maximum atomic E-state index is 6.23. The van der Waals surface area contributed by atoms with Crippen LogP contribution in [0.2, 0.25) is 0 Å². The summed E-state index contributed by atoms with van der Waals surface area (Å²) in [6.07, 6.45) is 11.3. The minimum absolute atomic E-state index is 0.197. The van der Waals surface area contributed by atoms with Crippen LogP contribution in [0, 0.1) is 11.8 Å². The van der Waals surface area contributed by atoms with Crippen molar-refractivity contribution in [2.45, 2.75) is 38.8 Å².